The van der Waals surface area contributed by atoms with Crippen molar-refractivity contribution < 1.29 is 19.0 Å². The quantitative estimate of drug-likeness (QED) is 0.743. The second kappa shape index (κ2) is 4.90. The molecule has 2 heterocycles. The third kappa shape index (κ3) is 2.10. The van der Waals surface area contributed by atoms with Crippen LogP contribution >= 0.6 is 0 Å². The van der Waals surface area contributed by atoms with Crippen LogP contribution in [0.3, 0.4) is 0 Å². The van der Waals surface area contributed by atoms with Crippen LogP contribution in [0.1, 0.15) is 10.4 Å². The molecule has 1 saturated heterocycles. The molecule has 3 rings (SSSR count). The third-order valence-electron chi connectivity index (χ3n) is 3.27. The van der Waals surface area contributed by atoms with Crippen molar-refractivity contribution in [2.75, 3.05) is 32.2 Å². The number of ether oxygens (including phenoxy) is 3. The van der Waals surface area contributed by atoms with Gasteiger partial charge in [-0.2, -0.15) is 5.26 Å². The highest BCUT2D eigenvalue weighted by Gasteiger charge is 2.27. The Bertz CT molecular complexity index is 596. The number of nitrogen functional groups attached to an aromatic ring is 1. The number of nitrogens with two attached hydrogens (primary N) is 1. The monoisotopic (exact) mass is 275 g/mol. The zero-order chi connectivity index (χ0) is 14.1. The first-order chi connectivity index (χ1) is 9.69. The highest BCUT2D eigenvalue weighted by Crippen LogP contribution is 2.36. The van der Waals surface area contributed by atoms with Gasteiger partial charge in [-0.25, -0.2) is 0 Å². The van der Waals surface area contributed by atoms with E-state index in [4.69, 9.17) is 25.2 Å². The Morgan fingerprint density at radius 1 is 1.40 bits per heavy atom. The van der Waals surface area contributed by atoms with Crippen LogP contribution in [0.4, 0.5) is 5.69 Å². The fourth-order valence-electron chi connectivity index (χ4n) is 2.23. The lowest BCUT2D eigenvalue weighted by atomic mass is 10.1. The van der Waals surface area contributed by atoms with Gasteiger partial charge in [0.1, 0.15) is 0 Å². The summed E-state index contributed by atoms with van der Waals surface area (Å²) < 4.78 is 15.7. The van der Waals surface area contributed by atoms with Gasteiger partial charge in [-0.3, -0.25) is 4.79 Å². The highest BCUT2D eigenvalue weighted by atomic mass is 16.7. The molecule has 1 atom stereocenters. The van der Waals surface area contributed by atoms with Crippen molar-refractivity contribution in [3.63, 3.8) is 0 Å². The summed E-state index contributed by atoms with van der Waals surface area (Å²) in [5, 5.41) is 8.87. The first-order valence-electron chi connectivity index (χ1n) is 6.18. The van der Waals surface area contributed by atoms with Crippen molar-refractivity contribution in [1.82, 2.24) is 4.90 Å². The van der Waals surface area contributed by atoms with Crippen LogP contribution in [0, 0.1) is 11.3 Å². The van der Waals surface area contributed by atoms with Gasteiger partial charge < -0.3 is 24.8 Å². The number of anilines is 1. The molecular formula is C13H13N3O4. The number of benzene rings is 1. The fourth-order valence-corrected chi connectivity index (χ4v) is 2.23. The number of hydrogen-bond acceptors (Lipinski definition) is 6. The van der Waals surface area contributed by atoms with Crippen LogP contribution in [0.2, 0.25) is 0 Å². The molecule has 7 heteroatoms. The summed E-state index contributed by atoms with van der Waals surface area (Å²) in [6, 6.07) is 5.17. The molecule has 1 unspecified atom stereocenters. The number of nitriles is 1. The molecule has 0 saturated carbocycles. The second-order valence-corrected chi connectivity index (χ2v) is 4.53. The first-order valence-corrected chi connectivity index (χ1v) is 6.18. The van der Waals surface area contributed by atoms with E-state index in [-0.39, 0.29) is 19.2 Å². The smallest absolute Gasteiger partial charge is 0.256 e. The minimum absolute atomic E-state index is 0.125. The van der Waals surface area contributed by atoms with Crippen LogP contribution < -0.4 is 15.2 Å². The van der Waals surface area contributed by atoms with E-state index in [2.05, 4.69) is 0 Å². The average Bonchev–Trinajstić information content (AvgIpc) is 2.92. The van der Waals surface area contributed by atoms with Crippen LogP contribution in [0.15, 0.2) is 12.1 Å². The first kappa shape index (κ1) is 12.6. The highest BCUT2D eigenvalue weighted by molar-refractivity contribution is 6.00. The largest absolute Gasteiger partial charge is 0.454 e. The molecular weight excluding hydrogens is 262 g/mol. The van der Waals surface area contributed by atoms with E-state index in [9.17, 15) is 4.79 Å². The fraction of sp³-hybridized carbons (Fsp3) is 0.385. The standard InChI is InChI=1S/C13H13N3O4/c14-5-8-6-16(1-2-18-8)13(17)9-3-11-12(4-10(9)15)20-7-19-11/h3-4,8H,1-2,6-7,15H2. The molecule has 0 aromatic heterocycles. The molecule has 2 aliphatic rings. The number of morpholine rings is 1. The molecule has 0 radical (unpaired) electrons. The zero-order valence-electron chi connectivity index (χ0n) is 10.7. The van der Waals surface area contributed by atoms with Gasteiger partial charge in [0.2, 0.25) is 6.79 Å². The maximum atomic E-state index is 12.5. The zero-order valence-corrected chi connectivity index (χ0v) is 10.7. The SMILES string of the molecule is N#CC1CN(C(=O)c2cc3c(cc2N)OCO3)CCO1. The number of nitrogens with zero attached hydrogens (tertiary/aromatic N) is 2. The lowest BCUT2D eigenvalue weighted by Crippen LogP contribution is -2.45. The van der Waals surface area contributed by atoms with E-state index >= 15 is 0 Å². The molecule has 1 aromatic rings. The van der Waals surface area contributed by atoms with Crippen LogP contribution in [-0.2, 0) is 4.74 Å². The Hall–Kier alpha value is -2.46. The molecule has 0 spiro atoms. The van der Waals surface area contributed by atoms with Crippen molar-refractivity contribution in [3.8, 4) is 17.6 Å². The Morgan fingerprint density at radius 2 is 2.15 bits per heavy atom. The minimum atomic E-state index is -0.595. The Balaban J connectivity index is 1.85. The minimum Gasteiger partial charge on any atom is -0.454 e. The van der Waals surface area contributed by atoms with Crippen molar-refractivity contribution >= 4 is 11.6 Å². The molecule has 1 fully saturated rings. The summed E-state index contributed by atoms with van der Waals surface area (Å²) in [5.41, 5.74) is 6.58. The Labute approximate surface area is 115 Å². The van der Waals surface area contributed by atoms with E-state index < -0.39 is 6.10 Å². The van der Waals surface area contributed by atoms with Gasteiger partial charge in [0.05, 0.1) is 24.8 Å². The molecule has 20 heavy (non-hydrogen) atoms. The predicted molar refractivity (Wildman–Crippen MR) is 68.2 cm³/mol. The van der Waals surface area contributed by atoms with Gasteiger partial charge >= 0.3 is 0 Å². The van der Waals surface area contributed by atoms with E-state index in [0.29, 0.717) is 35.9 Å². The summed E-state index contributed by atoms with van der Waals surface area (Å²) >= 11 is 0. The Morgan fingerprint density at radius 3 is 2.90 bits per heavy atom. The van der Waals surface area contributed by atoms with E-state index in [1.54, 1.807) is 17.0 Å². The molecule has 7 nitrogen and oxygen atoms in total. The van der Waals surface area contributed by atoms with Crippen LogP contribution in [-0.4, -0.2) is 43.4 Å². The number of fused-ring (bicyclic) bond motifs is 1. The number of carbonyl (C=O) groups excluding carboxylic acids is 1. The van der Waals surface area contributed by atoms with E-state index in [0.717, 1.165) is 0 Å². The average molecular weight is 275 g/mol. The van der Waals surface area contributed by atoms with Gasteiger partial charge in [-0.05, 0) is 6.07 Å². The maximum absolute atomic E-state index is 12.5. The van der Waals surface area contributed by atoms with Crippen molar-refractivity contribution in [2.45, 2.75) is 6.10 Å². The summed E-state index contributed by atoms with van der Waals surface area (Å²) in [7, 11) is 0. The van der Waals surface area contributed by atoms with E-state index in [1.807, 2.05) is 6.07 Å². The maximum Gasteiger partial charge on any atom is 0.256 e. The lowest BCUT2D eigenvalue weighted by molar-refractivity contribution is 0.00350. The number of hydrogen-bond donors (Lipinski definition) is 1. The summed E-state index contributed by atoms with van der Waals surface area (Å²) in [6.45, 7) is 1.14. The molecule has 0 bridgehead atoms. The molecule has 0 aliphatic carbocycles. The van der Waals surface area contributed by atoms with Crippen LogP contribution in [0.5, 0.6) is 11.5 Å². The van der Waals surface area contributed by atoms with Gasteiger partial charge in [0, 0.05) is 18.3 Å². The van der Waals surface area contributed by atoms with Gasteiger partial charge in [-0.15, -0.1) is 0 Å². The molecule has 2 N–H and O–H groups in total. The summed E-state index contributed by atoms with van der Waals surface area (Å²) in [4.78, 5) is 14.0. The van der Waals surface area contributed by atoms with Crippen molar-refractivity contribution in [2.24, 2.45) is 0 Å². The molecule has 2 aliphatic heterocycles. The number of amides is 1. The molecule has 1 aromatic carbocycles. The van der Waals surface area contributed by atoms with Crippen LogP contribution in [0.25, 0.3) is 0 Å². The number of rotatable bonds is 1. The van der Waals surface area contributed by atoms with Gasteiger partial charge in [-0.1, -0.05) is 0 Å². The predicted octanol–water partition coefficient (Wildman–Crippen LogP) is 0.362. The second-order valence-electron chi connectivity index (χ2n) is 4.53. The topological polar surface area (TPSA) is 97.8 Å². The summed E-state index contributed by atoms with van der Waals surface area (Å²) in [6.07, 6.45) is -0.595. The van der Waals surface area contributed by atoms with Crippen molar-refractivity contribution in [1.29, 1.82) is 5.26 Å². The molecule has 104 valence electrons. The number of carbonyl (C=O) groups is 1. The normalized spacial score (nSPS) is 20.6. The van der Waals surface area contributed by atoms with Gasteiger partial charge in [0.15, 0.2) is 17.6 Å². The van der Waals surface area contributed by atoms with Crippen molar-refractivity contribution in [3.05, 3.63) is 17.7 Å². The van der Waals surface area contributed by atoms with Gasteiger partial charge in [0.25, 0.3) is 5.91 Å². The third-order valence-corrected chi connectivity index (χ3v) is 3.27. The summed E-state index contributed by atoms with van der Waals surface area (Å²) in [5.74, 6) is 0.813. The Kier molecular flexibility index (Phi) is 3.08. The lowest BCUT2D eigenvalue weighted by Gasteiger charge is -2.30. The van der Waals surface area contributed by atoms with E-state index in [1.165, 1.54) is 0 Å². The molecule has 1 amide bonds.